The van der Waals surface area contributed by atoms with E-state index in [4.69, 9.17) is 0 Å². The molecule has 1 aromatic heterocycles. The molecule has 3 aliphatic heterocycles. The molecule has 33 heavy (non-hydrogen) atoms. The van der Waals surface area contributed by atoms with Gasteiger partial charge in [-0.1, -0.05) is 6.42 Å². The molecule has 176 valence electrons. The van der Waals surface area contributed by atoms with Crippen LogP contribution in [0.25, 0.3) is 11.0 Å². The number of aromatic nitrogens is 2. The van der Waals surface area contributed by atoms with Crippen molar-refractivity contribution < 1.29 is 18.0 Å². The SMILES string of the molecule is O=C(NC1CC2CCCC1CN2)C1CN(c2ccc(C(F)(F)F)c3nccnc23)CC12CC2. The van der Waals surface area contributed by atoms with Gasteiger partial charge in [-0.15, -0.1) is 0 Å². The minimum absolute atomic E-state index is 0.0801. The third-order valence-corrected chi connectivity index (χ3v) is 8.34. The molecule has 2 bridgehead atoms. The van der Waals surface area contributed by atoms with Gasteiger partial charge < -0.3 is 15.5 Å². The molecule has 4 unspecified atom stereocenters. The zero-order valence-electron chi connectivity index (χ0n) is 18.4. The Bertz CT molecular complexity index is 1080. The molecule has 3 saturated heterocycles. The summed E-state index contributed by atoms with van der Waals surface area (Å²) in [5, 5.41) is 6.97. The predicted molar refractivity (Wildman–Crippen MR) is 118 cm³/mol. The Labute approximate surface area is 190 Å². The van der Waals surface area contributed by atoms with Crippen LogP contribution in [0.3, 0.4) is 0 Å². The van der Waals surface area contributed by atoms with Crippen LogP contribution in [0.4, 0.5) is 18.9 Å². The maximum absolute atomic E-state index is 13.5. The van der Waals surface area contributed by atoms with E-state index in [1.54, 1.807) is 0 Å². The second kappa shape index (κ2) is 7.55. The Morgan fingerprint density at radius 3 is 2.70 bits per heavy atom. The van der Waals surface area contributed by atoms with Crippen LogP contribution < -0.4 is 15.5 Å². The van der Waals surface area contributed by atoms with Gasteiger partial charge in [-0.3, -0.25) is 14.8 Å². The van der Waals surface area contributed by atoms with Crippen molar-refractivity contribution in [1.82, 2.24) is 20.6 Å². The quantitative estimate of drug-likeness (QED) is 0.735. The van der Waals surface area contributed by atoms with Crippen molar-refractivity contribution in [3.63, 3.8) is 0 Å². The molecule has 2 saturated carbocycles. The molecule has 7 rings (SSSR count). The summed E-state index contributed by atoms with van der Waals surface area (Å²) < 4.78 is 40.5. The maximum Gasteiger partial charge on any atom is 0.418 e. The normalized spacial score (nSPS) is 30.6. The van der Waals surface area contributed by atoms with Gasteiger partial charge >= 0.3 is 6.18 Å². The second-order valence-corrected chi connectivity index (χ2v) is 10.3. The maximum atomic E-state index is 13.5. The summed E-state index contributed by atoms with van der Waals surface area (Å²) in [5.74, 6) is 0.436. The highest BCUT2D eigenvalue weighted by Gasteiger charge is 2.58. The van der Waals surface area contributed by atoms with E-state index in [0.717, 1.165) is 38.3 Å². The number of nitrogens with one attached hydrogen (secondary N) is 2. The van der Waals surface area contributed by atoms with Gasteiger partial charge in [0.25, 0.3) is 0 Å². The van der Waals surface area contributed by atoms with E-state index in [1.165, 1.54) is 31.3 Å². The number of anilines is 1. The van der Waals surface area contributed by atoms with Gasteiger partial charge in [0, 0.05) is 49.5 Å². The zero-order valence-corrected chi connectivity index (χ0v) is 18.4. The molecule has 4 atom stereocenters. The summed E-state index contributed by atoms with van der Waals surface area (Å²) >= 11 is 0. The Morgan fingerprint density at radius 1 is 1.15 bits per heavy atom. The summed E-state index contributed by atoms with van der Waals surface area (Å²) in [5.41, 5.74) is -0.117. The van der Waals surface area contributed by atoms with Gasteiger partial charge in [0.05, 0.1) is 17.2 Å². The number of halogens is 3. The van der Waals surface area contributed by atoms with Crippen molar-refractivity contribution in [3.8, 4) is 0 Å². The third kappa shape index (κ3) is 3.64. The number of amides is 1. The van der Waals surface area contributed by atoms with Crippen molar-refractivity contribution in [2.45, 2.75) is 56.8 Å². The lowest BCUT2D eigenvalue weighted by Gasteiger charge is -2.35. The van der Waals surface area contributed by atoms with E-state index in [9.17, 15) is 18.0 Å². The van der Waals surface area contributed by atoms with Crippen LogP contribution in [0.1, 0.15) is 44.1 Å². The summed E-state index contributed by atoms with van der Waals surface area (Å²) in [6.07, 6.45) is 4.68. The molecule has 2 aliphatic carbocycles. The fourth-order valence-corrected chi connectivity index (χ4v) is 6.36. The Balaban J connectivity index is 1.26. The van der Waals surface area contributed by atoms with Crippen LogP contribution in [-0.4, -0.2) is 47.6 Å². The van der Waals surface area contributed by atoms with E-state index >= 15 is 0 Å². The van der Waals surface area contributed by atoms with E-state index < -0.39 is 11.7 Å². The van der Waals surface area contributed by atoms with Crippen LogP contribution in [0, 0.1) is 17.3 Å². The molecule has 1 aromatic carbocycles. The summed E-state index contributed by atoms with van der Waals surface area (Å²) in [6, 6.07) is 3.29. The topological polar surface area (TPSA) is 70.2 Å². The second-order valence-electron chi connectivity index (χ2n) is 10.3. The van der Waals surface area contributed by atoms with Gasteiger partial charge in [0.15, 0.2) is 0 Å². The van der Waals surface area contributed by atoms with Crippen LogP contribution in [0.2, 0.25) is 0 Å². The van der Waals surface area contributed by atoms with E-state index in [1.807, 2.05) is 0 Å². The van der Waals surface area contributed by atoms with Crippen molar-refractivity contribution in [2.75, 3.05) is 24.5 Å². The average molecular weight is 460 g/mol. The lowest BCUT2D eigenvalue weighted by Crippen LogP contribution is -2.53. The smallest absolute Gasteiger partial charge is 0.368 e. The molecule has 5 fully saturated rings. The highest BCUT2D eigenvalue weighted by molar-refractivity contribution is 5.92. The molecule has 5 aliphatic rings. The number of alkyl halides is 3. The van der Waals surface area contributed by atoms with Gasteiger partial charge in [-0.05, 0) is 50.2 Å². The van der Waals surface area contributed by atoms with E-state index in [2.05, 4.69) is 25.5 Å². The van der Waals surface area contributed by atoms with Crippen LogP contribution in [-0.2, 0) is 11.0 Å². The number of hydrogen-bond donors (Lipinski definition) is 2. The van der Waals surface area contributed by atoms with Gasteiger partial charge in [-0.2, -0.15) is 13.2 Å². The van der Waals surface area contributed by atoms with Crippen LogP contribution in [0.5, 0.6) is 0 Å². The van der Waals surface area contributed by atoms with Crippen molar-refractivity contribution in [1.29, 1.82) is 0 Å². The summed E-state index contributed by atoms with van der Waals surface area (Å²) in [4.78, 5) is 23.8. The Kier molecular flexibility index (Phi) is 4.83. The minimum atomic E-state index is -4.50. The molecule has 4 heterocycles. The number of benzene rings is 1. The van der Waals surface area contributed by atoms with Gasteiger partial charge in [0.1, 0.15) is 11.0 Å². The number of carbonyl (C=O) groups is 1. The minimum Gasteiger partial charge on any atom is -0.368 e. The molecule has 9 heteroatoms. The first kappa shape index (κ1) is 21.1. The number of piperidine rings is 1. The fourth-order valence-electron chi connectivity index (χ4n) is 6.36. The highest BCUT2D eigenvalue weighted by Crippen LogP contribution is 2.57. The Morgan fingerprint density at radius 2 is 1.94 bits per heavy atom. The summed E-state index contributed by atoms with van der Waals surface area (Å²) in [7, 11) is 0. The van der Waals surface area contributed by atoms with Crippen molar-refractivity contribution in [3.05, 3.63) is 30.1 Å². The monoisotopic (exact) mass is 459 g/mol. The molecule has 2 aromatic rings. The van der Waals surface area contributed by atoms with Crippen molar-refractivity contribution >= 4 is 22.6 Å². The number of rotatable bonds is 3. The molecule has 1 spiro atoms. The number of carbonyl (C=O) groups excluding carboxylic acids is 1. The number of hydrogen-bond acceptors (Lipinski definition) is 5. The molecular formula is C24H28F3N5O. The molecule has 0 radical (unpaired) electrons. The highest BCUT2D eigenvalue weighted by atomic mass is 19.4. The predicted octanol–water partition coefficient (Wildman–Crippen LogP) is 3.51. The average Bonchev–Trinajstić information content (AvgIpc) is 3.53. The third-order valence-electron chi connectivity index (χ3n) is 8.34. The largest absolute Gasteiger partial charge is 0.418 e. The zero-order chi connectivity index (χ0) is 22.8. The first-order valence-electron chi connectivity index (χ1n) is 11.9. The van der Waals surface area contributed by atoms with Crippen molar-refractivity contribution in [2.24, 2.45) is 17.3 Å². The lowest BCUT2D eigenvalue weighted by atomic mass is 9.88. The first-order valence-corrected chi connectivity index (χ1v) is 11.9. The standard InChI is InChI=1S/C24H28F3N5O/c25-24(26,27)16-4-5-19(21-20(16)28-8-9-29-21)32-12-17(23(13-32)6-7-23)22(33)31-18-10-15-3-1-2-14(18)11-30-15/h4-5,8-9,14-15,17-18,30H,1-3,6-7,10-13H2,(H,31,33). The lowest BCUT2D eigenvalue weighted by molar-refractivity contribution is -0.136. The fraction of sp³-hybridized carbons (Fsp3) is 0.625. The molecular weight excluding hydrogens is 431 g/mol. The molecule has 6 nitrogen and oxygen atoms in total. The van der Waals surface area contributed by atoms with Gasteiger partial charge in [0.2, 0.25) is 5.91 Å². The number of nitrogens with zero attached hydrogens (tertiary/aromatic N) is 3. The molecule has 1 amide bonds. The summed E-state index contributed by atoms with van der Waals surface area (Å²) in [6.45, 7) is 2.14. The number of fused-ring (bicyclic) bond motifs is 5. The first-order chi connectivity index (χ1) is 15.8. The van der Waals surface area contributed by atoms with E-state index in [-0.39, 0.29) is 34.3 Å². The Hall–Kier alpha value is -2.42. The van der Waals surface area contributed by atoms with Crippen LogP contribution in [0.15, 0.2) is 24.5 Å². The van der Waals surface area contributed by atoms with Crippen LogP contribution >= 0.6 is 0 Å². The molecule has 2 N–H and O–H groups in total. The van der Waals surface area contributed by atoms with Gasteiger partial charge in [-0.25, -0.2) is 0 Å². The van der Waals surface area contributed by atoms with E-state index in [0.29, 0.717) is 30.7 Å².